The molecule has 0 saturated heterocycles. The summed E-state index contributed by atoms with van der Waals surface area (Å²) in [4.78, 5) is 2.67. The van der Waals surface area contributed by atoms with E-state index in [0.717, 1.165) is 22.5 Å². The Hall–Kier alpha value is -2.24. The molecule has 0 aliphatic carbocycles. The van der Waals surface area contributed by atoms with Crippen LogP contribution in [0.5, 0.6) is 0 Å². The highest BCUT2D eigenvalue weighted by Gasteiger charge is 2.30. The number of nitrogens with zero attached hydrogens (tertiary/aromatic N) is 1. The van der Waals surface area contributed by atoms with Crippen molar-refractivity contribution in [3.8, 4) is 0 Å². The van der Waals surface area contributed by atoms with Gasteiger partial charge in [-0.2, -0.15) is 0 Å². The molecule has 128 valence electrons. The van der Waals surface area contributed by atoms with Crippen molar-refractivity contribution in [2.75, 3.05) is 12.4 Å². The SMILES string of the molecule is CC1=C(C(=S)Nc2ccccc2)[C@@H](c2ccc(C)cc2)NC(=S)N1C. The molecule has 1 atom stereocenters. The van der Waals surface area contributed by atoms with Crippen LogP contribution in [0.3, 0.4) is 0 Å². The Bertz CT molecular complexity index is 826. The standard InChI is InChI=1S/C20H21N3S2/c1-13-9-11-15(12-10-13)18-17(14(2)23(3)20(25)22-18)19(24)21-16-7-5-4-6-8-16/h4-12,18H,1-3H3,(H,21,24)(H,22,25)/t18-/m1/s1. The van der Waals surface area contributed by atoms with Gasteiger partial charge in [-0.25, -0.2) is 0 Å². The van der Waals surface area contributed by atoms with Gasteiger partial charge in [-0.05, 0) is 43.8 Å². The van der Waals surface area contributed by atoms with Crippen molar-refractivity contribution in [1.82, 2.24) is 10.2 Å². The predicted molar refractivity (Wildman–Crippen MR) is 113 cm³/mol. The van der Waals surface area contributed by atoms with Crippen LogP contribution < -0.4 is 10.6 Å². The maximum atomic E-state index is 5.75. The molecule has 0 fully saturated rings. The van der Waals surface area contributed by atoms with Gasteiger partial charge in [-0.3, -0.25) is 0 Å². The number of benzene rings is 2. The quantitative estimate of drug-likeness (QED) is 0.775. The van der Waals surface area contributed by atoms with Crippen LogP contribution >= 0.6 is 24.4 Å². The Morgan fingerprint density at radius 2 is 1.68 bits per heavy atom. The number of para-hydroxylation sites is 1. The molecule has 0 bridgehead atoms. The van der Waals surface area contributed by atoms with Gasteiger partial charge in [0.05, 0.1) is 6.04 Å². The second-order valence-electron chi connectivity index (χ2n) is 6.17. The fourth-order valence-corrected chi connectivity index (χ4v) is 3.50. The summed E-state index contributed by atoms with van der Waals surface area (Å²) in [5, 5.41) is 7.48. The maximum absolute atomic E-state index is 5.75. The van der Waals surface area contributed by atoms with E-state index in [1.54, 1.807) is 0 Å². The van der Waals surface area contributed by atoms with E-state index in [4.69, 9.17) is 24.4 Å². The van der Waals surface area contributed by atoms with Gasteiger partial charge in [0.2, 0.25) is 0 Å². The number of hydrogen-bond donors (Lipinski definition) is 2. The third-order valence-electron chi connectivity index (χ3n) is 4.44. The molecule has 0 unspecified atom stereocenters. The van der Waals surface area contributed by atoms with E-state index in [1.807, 2.05) is 42.3 Å². The molecule has 0 saturated carbocycles. The van der Waals surface area contributed by atoms with Crippen LogP contribution in [0.4, 0.5) is 5.69 Å². The van der Waals surface area contributed by atoms with Crippen LogP contribution in [0, 0.1) is 6.92 Å². The number of rotatable bonds is 3. The third kappa shape index (κ3) is 3.72. The van der Waals surface area contributed by atoms with Gasteiger partial charge in [0.15, 0.2) is 5.11 Å². The second kappa shape index (κ2) is 7.33. The van der Waals surface area contributed by atoms with Crippen molar-refractivity contribution in [2.45, 2.75) is 19.9 Å². The van der Waals surface area contributed by atoms with Crippen LogP contribution in [0.2, 0.25) is 0 Å². The molecule has 0 aromatic heterocycles. The largest absolute Gasteiger partial charge is 0.351 e. The molecule has 2 N–H and O–H groups in total. The molecule has 0 spiro atoms. The van der Waals surface area contributed by atoms with Crippen molar-refractivity contribution in [1.29, 1.82) is 0 Å². The van der Waals surface area contributed by atoms with Crippen LogP contribution in [0.1, 0.15) is 24.1 Å². The minimum Gasteiger partial charge on any atom is -0.351 e. The van der Waals surface area contributed by atoms with Gasteiger partial charge in [0.1, 0.15) is 4.99 Å². The Kier molecular flexibility index (Phi) is 5.16. The Labute approximate surface area is 159 Å². The highest BCUT2D eigenvalue weighted by molar-refractivity contribution is 7.81. The number of nitrogens with one attached hydrogen (secondary N) is 2. The zero-order valence-corrected chi connectivity index (χ0v) is 16.2. The van der Waals surface area contributed by atoms with Crippen molar-refractivity contribution in [3.63, 3.8) is 0 Å². The van der Waals surface area contributed by atoms with Crippen molar-refractivity contribution >= 4 is 40.2 Å². The van der Waals surface area contributed by atoms with Gasteiger partial charge in [0.25, 0.3) is 0 Å². The summed E-state index contributed by atoms with van der Waals surface area (Å²) < 4.78 is 0. The molecule has 5 heteroatoms. The zero-order chi connectivity index (χ0) is 18.0. The fraction of sp³-hybridized carbons (Fsp3) is 0.200. The predicted octanol–water partition coefficient (Wildman–Crippen LogP) is 4.57. The lowest BCUT2D eigenvalue weighted by Crippen LogP contribution is -2.46. The third-order valence-corrected chi connectivity index (χ3v) is 5.15. The van der Waals surface area contributed by atoms with E-state index < -0.39 is 0 Å². The van der Waals surface area contributed by atoms with Gasteiger partial charge in [-0.15, -0.1) is 0 Å². The Balaban J connectivity index is 1.99. The van der Waals surface area contributed by atoms with Crippen LogP contribution in [0.25, 0.3) is 0 Å². The molecule has 0 amide bonds. The molecule has 1 aliphatic heterocycles. The smallest absolute Gasteiger partial charge is 0.173 e. The van der Waals surface area contributed by atoms with Gasteiger partial charge in [-0.1, -0.05) is 60.2 Å². The molecule has 2 aromatic rings. The zero-order valence-electron chi connectivity index (χ0n) is 14.5. The Morgan fingerprint density at radius 1 is 1.04 bits per heavy atom. The second-order valence-corrected chi connectivity index (χ2v) is 6.97. The summed E-state index contributed by atoms with van der Waals surface area (Å²) in [5.41, 5.74) is 5.45. The first-order valence-corrected chi connectivity index (χ1v) is 8.97. The molecule has 1 aliphatic rings. The molecule has 0 radical (unpaired) electrons. The van der Waals surface area contributed by atoms with E-state index in [-0.39, 0.29) is 6.04 Å². The molecule has 1 heterocycles. The van der Waals surface area contributed by atoms with E-state index in [9.17, 15) is 0 Å². The first-order chi connectivity index (χ1) is 12.0. The molecule has 3 nitrogen and oxygen atoms in total. The summed E-state index contributed by atoms with van der Waals surface area (Å²) in [6, 6.07) is 18.4. The summed E-state index contributed by atoms with van der Waals surface area (Å²) >= 11 is 11.2. The van der Waals surface area contributed by atoms with E-state index in [0.29, 0.717) is 10.1 Å². The molecule has 3 rings (SSSR count). The van der Waals surface area contributed by atoms with Crippen LogP contribution in [0.15, 0.2) is 65.9 Å². The molecule has 2 aromatic carbocycles. The lowest BCUT2D eigenvalue weighted by Gasteiger charge is -2.36. The summed E-state index contributed by atoms with van der Waals surface area (Å²) in [6.07, 6.45) is 0. The highest BCUT2D eigenvalue weighted by Crippen LogP contribution is 2.31. The van der Waals surface area contributed by atoms with Crippen LogP contribution in [-0.4, -0.2) is 22.0 Å². The number of aryl methyl sites for hydroxylation is 1. The minimum absolute atomic E-state index is 0.0620. The molecular formula is C20H21N3S2. The summed E-state index contributed by atoms with van der Waals surface area (Å²) in [6.45, 7) is 4.14. The normalized spacial score (nSPS) is 17.3. The maximum Gasteiger partial charge on any atom is 0.173 e. The monoisotopic (exact) mass is 367 g/mol. The number of allylic oxidation sites excluding steroid dienone is 1. The number of hydrogen-bond acceptors (Lipinski definition) is 2. The summed E-state index contributed by atoms with van der Waals surface area (Å²) in [5.74, 6) is 0. The van der Waals surface area contributed by atoms with E-state index in [2.05, 4.69) is 48.7 Å². The average molecular weight is 368 g/mol. The lowest BCUT2D eigenvalue weighted by atomic mass is 9.94. The topological polar surface area (TPSA) is 27.3 Å². The summed E-state index contributed by atoms with van der Waals surface area (Å²) in [7, 11) is 1.96. The lowest BCUT2D eigenvalue weighted by molar-refractivity contribution is 0.540. The van der Waals surface area contributed by atoms with Crippen molar-refractivity contribution in [2.24, 2.45) is 0 Å². The minimum atomic E-state index is -0.0620. The molecular weight excluding hydrogens is 346 g/mol. The molecule has 25 heavy (non-hydrogen) atoms. The first-order valence-electron chi connectivity index (χ1n) is 8.15. The number of anilines is 1. The first kappa shape index (κ1) is 17.6. The van der Waals surface area contributed by atoms with Crippen LogP contribution in [-0.2, 0) is 0 Å². The van der Waals surface area contributed by atoms with Gasteiger partial charge >= 0.3 is 0 Å². The van der Waals surface area contributed by atoms with Crippen molar-refractivity contribution < 1.29 is 0 Å². The van der Waals surface area contributed by atoms with E-state index in [1.165, 1.54) is 5.56 Å². The van der Waals surface area contributed by atoms with E-state index >= 15 is 0 Å². The van der Waals surface area contributed by atoms with Gasteiger partial charge in [0, 0.05) is 24.0 Å². The van der Waals surface area contributed by atoms with Crippen molar-refractivity contribution in [3.05, 3.63) is 77.0 Å². The fourth-order valence-electron chi connectivity index (χ4n) is 2.86. The number of thiocarbonyl (C=S) groups is 2. The average Bonchev–Trinajstić information content (AvgIpc) is 2.61. The Morgan fingerprint density at radius 3 is 2.32 bits per heavy atom. The van der Waals surface area contributed by atoms with Gasteiger partial charge < -0.3 is 15.5 Å². The highest BCUT2D eigenvalue weighted by atomic mass is 32.1.